The van der Waals surface area contributed by atoms with Crippen LogP contribution in [0.1, 0.15) is 47.6 Å². The van der Waals surface area contributed by atoms with Gasteiger partial charge in [-0.1, -0.05) is 153 Å². The summed E-state index contributed by atoms with van der Waals surface area (Å²) in [4.78, 5) is 10.3. The van der Waals surface area contributed by atoms with E-state index in [0.717, 1.165) is 33.9 Å². The van der Waals surface area contributed by atoms with Crippen molar-refractivity contribution in [3.05, 3.63) is 179 Å². The third-order valence-electron chi connectivity index (χ3n) is 10.0. The number of hydrogen-bond donors (Lipinski definition) is 0. The fourth-order valence-electron chi connectivity index (χ4n) is 7.68. The topological polar surface area (TPSA) is 25.8 Å². The van der Waals surface area contributed by atoms with Gasteiger partial charge in [-0.15, -0.1) is 0 Å². The van der Waals surface area contributed by atoms with Crippen molar-refractivity contribution >= 4 is 0 Å². The number of aromatic nitrogens is 2. The Morgan fingerprint density at radius 3 is 1.67 bits per heavy atom. The maximum absolute atomic E-state index is 5.21. The molecule has 2 aliphatic rings. The molecule has 1 aromatic heterocycles. The highest BCUT2D eigenvalue weighted by Gasteiger charge is 2.35. The Kier molecular flexibility index (Phi) is 5.95. The van der Waals surface area contributed by atoms with Gasteiger partial charge in [0.2, 0.25) is 0 Å². The monoisotopic (exact) mass is 588 g/mol. The van der Waals surface area contributed by atoms with Crippen molar-refractivity contribution in [2.24, 2.45) is 0 Å². The van der Waals surface area contributed by atoms with Gasteiger partial charge in [0.15, 0.2) is 5.82 Å². The molecule has 2 heteroatoms. The lowest BCUT2D eigenvalue weighted by Gasteiger charge is -2.22. The molecule has 0 amide bonds. The average Bonchev–Trinajstić information content (AvgIpc) is 3.57. The number of hydrogen-bond acceptors (Lipinski definition) is 2. The first-order valence-corrected chi connectivity index (χ1v) is 16.0. The van der Waals surface area contributed by atoms with Gasteiger partial charge in [-0.2, -0.15) is 0 Å². The first-order chi connectivity index (χ1) is 22.6. The first-order valence-electron chi connectivity index (χ1n) is 16.0. The van der Waals surface area contributed by atoms with Gasteiger partial charge < -0.3 is 0 Å². The maximum Gasteiger partial charge on any atom is 0.160 e. The molecular formula is C44H32N2. The second-order valence-electron chi connectivity index (χ2n) is 13.0. The van der Waals surface area contributed by atoms with Gasteiger partial charge in [-0.25, -0.2) is 9.97 Å². The highest BCUT2D eigenvalue weighted by atomic mass is 14.9. The number of nitrogens with zero attached hydrogens (tertiary/aromatic N) is 2. The van der Waals surface area contributed by atoms with Crippen LogP contribution in [0.25, 0.3) is 56.2 Å². The quantitative estimate of drug-likeness (QED) is 0.204. The number of benzene rings is 6. The fraction of sp³-hybridized carbons (Fsp3) is 0.0909. The van der Waals surface area contributed by atoms with E-state index in [1.54, 1.807) is 0 Å². The minimum Gasteiger partial charge on any atom is -0.228 e. The van der Waals surface area contributed by atoms with Gasteiger partial charge in [0.25, 0.3) is 0 Å². The van der Waals surface area contributed by atoms with Crippen molar-refractivity contribution in [3.8, 4) is 56.2 Å². The molecule has 9 rings (SSSR count). The van der Waals surface area contributed by atoms with E-state index in [2.05, 4.69) is 159 Å². The molecule has 0 bridgehead atoms. The van der Waals surface area contributed by atoms with E-state index < -0.39 is 0 Å². The Labute approximate surface area is 270 Å². The van der Waals surface area contributed by atoms with Crippen LogP contribution in [-0.2, 0) is 5.41 Å². The molecule has 46 heavy (non-hydrogen) atoms. The van der Waals surface area contributed by atoms with Crippen LogP contribution in [0.15, 0.2) is 152 Å². The predicted molar refractivity (Wildman–Crippen MR) is 189 cm³/mol. The van der Waals surface area contributed by atoms with Gasteiger partial charge in [-0.3, -0.25) is 0 Å². The normalized spacial score (nSPS) is 14.0. The molecule has 0 saturated carbocycles. The van der Waals surface area contributed by atoms with Crippen molar-refractivity contribution in [3.63, 3.8) is 0 Å². The molecular weight excluding hydrogens is 556 g/mol. The minimum absolute atomic E-state index is 0.0760. The van der Waals surface area contributed by atoms with Crippen LogP contribution in [0.5, 0.6) is 0 Å². The highest BCUT2D eigenvalue weighted by Crippen LogP contribution is 2.50. The zero-order valence-corrected chi connectivity index (χ0v) is 25.9. The van der Waals surface area contributed by atoms with Gasteiger partial charge in [0.1, 0.15) is 0 Å². The summed E-state index contributed by atoms with van der Waals surface area (Å²) in [5.41, 5.74) is 17.0. The Hall–Kier alpha value is -5.60. The summed E-state index contributed by atoms with van der Waals surface area (Å²) in [6.07, 6.45) is 0. The molecule has 0 unspecified atom stereocenters. The van der Waals surface area contributed by atoms with E-state index in [1.807, 2.05) is 6.07 Å². The molecule has 0 fully saturated rings. The van der Waals surface area contributed by atoms with Gasteiger partial charge in [0, 0.05) is 28.0 Å². The number of rotatable bonds is 4. The minimum atomic E-state index is -0.0760. The van der Waals surface area contributed by atoms with E-state index in [-0.39, 0.29) is 11.3 Å². The molecule has 218 valence electrons. The lowest BCUT2D eigenvalue weighted by Crippen LogP contribution is -2.14. The molecule has 2 aliphatic carbocycles. The Morgan fingerprint density at radius 2 is 0.978 bits per heavy atom. The molecule has 0 saturated heterocycles. The molecule has 6 aromatic carbocycles. The smallest absolute Gasteiger partial charge is 0.160 e. The summed E-state index contributed by atoms with van der Waals surface area (Å²) >= 11 is 0. The molecule has 0 N–H and O–H groups in total. The van der Waals surface area contributed by atoms with Crippen molar-refractivity contribution in [1.29, 1.82) is 0 Å². The Bertz CT molecular complexity index is 2230. The summed E-state index contributed by atoms with van der Waals surface area (Å²) in [5, 5.41) is 0. The summed E-state index contributed by atoms with van der Waals surface area (Å²) in [6, 6.07) is 54.7. The largest absolute Gasteiger partial charge is 0.228 e. The zero-order valence-electron chi connectivity index (χ0n) is 25.9. The van der Waals surface area contributed by atoms with Gasteiger partial charge in [0.05, 0.1) is 11.4 Å². The molecule has 0 spiro atoms. The SMILES string of the molecule is CC1(C)c2ccccc2-c2ccc(-c3cc(-c4ccccc4)nc(-c4ccc(C5c6ccccc6-c6ccccc65)cc4)n3)cc21. The highest BCUT2D eigenvalue weighted by molar-refractivity contribution is 5.84. The van der Waals surface area contributed by atoms with Crippen LogP contribution in [0, 0.1) is 0 Å². The summed E-state index contributed by atoms with van der Waals surface area (Å²) in [7, 11) is 0. The van der Waals surface area contributed by atoms with Crippen LogP contribution in [0.4, 0.5) is 0 Å². The van der Waals surface area contributed by atoms with Crippen LogP contribution >= 0.6 is 0 Å². The summed E-state index contributed by atoms with van der Waals surface area (Å²) < 4.78 is 0. The number of fused-ring (bicyclic) bond motifs is 6. The van der Waals surface area contributed by atoms with Gasteiger partial charge >= 0.3 is 0 Å². The van der Waals surface area contributed by atoms with E-state index in [1.165, 1.54) is 50.1 Å². The molecule has 7 aromatic rings. The third-order valence-corrected chi connectivity index (χ3v) is 10.0. The van der Waals surface area contributed by atoms with Crippen LogP contribution < -0.4 is 0 Å². The van der Waals surface area contributed by atoms with Crippen molar-refractivity contribution in [1.82, 2.24) is 9.97 Å². The molecule has 2 nitrogen and oxygen atoms in total. The second-order valence-corrected chi connectivity index (χ2v) is 13.0. The zero-order chi connectivity index (χ0) is 30.8. The van der Waals surface area contributed by atoms with E-state index in [0.29, 0.717) is 0 Å². The summed E-state index contributed by atoms with van der Waals surface area (Å²) in [5.74, 6) is 0.950. The molecule has 0 atom stereocenters. The molecule has 0 aliphatic heterocycles. The van der Waals surface area contributed by atoms with Crippen molar-refractivity contribution in [2.75, 3.05) is 0 Å². The molecule has 1 heterocycles. The fourth-order valence-corrected chi connectivity index (χ4v) is 7.68. The Morgan fingerprint density at radius 1 is 0.435 bits per heavy atom. The first kappa shape index (κ1) is 26.8. The van der Waals surface area contributed by atoms with Crippen LogP contribution in [0.2, 0.25) is 0 Å². The maximum atomic E-state index is 5.21. The third kappa shape index (κ3) is 4.10. The van der Waals surface area contributed by atoms with Crippen molar-refractivity contribution in [2.45, 2.75) is 25.2 Å². The standard InChI is InChI=1S/C44H32N2/c1-44(2)38-19-11-10-16-34(38)35-25-24-31(26-39(35)44)41-27-40(28-12-4-3-5-13-28)45-43(46-41)30-22-20-29(21-23-30)42-36-17-8-6-14-32(36)33-15-7-9-18-37(33)42/h3-27,42H,1-2H3. The van der Waals surface area contributed by atoms with Gasteiger partial charge in [-0.05, 0) is 62.2 Å². The molecule has 0 radical (unpaired) electrons. The van der Waals surface area contributed by atoms with Crippen molar-refractivity contribution < 1.29 is 0 Å². The van der Waals surface area contributed by atoms with E-state index in [4.69, 9.17) is 9.97 Å². The second kappa shape index (κ2) is 10.2. The van der Waals surface area contributed by atoms with E-state index in [9.17, 15) is 0 Å². The lowest BCUT2D eigenvalue weighted by molar-refractivity contribution is 0.660. The van der Waals surface area contributed by atoms with Crippen LogP contribution in [-0.4, -0.2) is 9.97 Å². The summed E-state index contributed by atoms with van der Waals surface area (Å²) in [6.45, 7) is 4.65. The van der Waals surface area contributed by atoms with Crippen LogP contribution in [0.3, 0.4) is 0 Å². The Balaban J connectivity index is 1.15. The van der Waals surface area contributed by atoms with E-state index >= 15 is 0 Å². The predicted octanol–water partition coefficient (Wildman–Crippen LogP) is 10.9. The lowest BCUT2D eigenvalue weighted by atomic mass is 9.82. The average molecular weight is 589 g/mol.